The predicted octanol–water partition coefficient (Wildman–Crippen LogP) is 2.50. The third-order valence-electron chi connectivity index (χ3n) is 3.07. The molecule has 0 spiro atoms. The van der Waals surface area contributed by atoms with E-state index in [-0.39, 0.29) is 11.8 Å². The van der Waals surface area contributed by atoms with Gasteiger partial charge in [-0.05, 0) is 45.0 Å². The molecule has 0 amide bonds. The van der Waals surface area contributed by atoms with Crippen LogP contribution in [0.15, 0.2) is 24.3 Å². The minimum atomic E-state index is -0.536. The quantitative estimate of drug-likeness (QED) is 0.742. The average molecular weight is 267 g/mol. The lowest BCUT2D eigenvalue weighted by Crippen LogP contribution is -2.38. The zero-order chi connectivity index (χ0) is 14.5. The van der Waals surface area contributed by atoms with Gasteiger partial charge in [-0.1, -0.05) is 12.1 Å². The summed E-state index contributed by atoms with van der Waals surface area (Å²) in [5.74, 6) is -0.430. The minimum Gasteiger partial charge on any atom is -0.469 e. The maximum Gasteiger partial charge on any atom is 0.312 e. The number of hydrogen-bond acceptors (Lipinski definition) is 3. The van der Waals surface area contributed by atoms with Gasteiger partial charge in [0, 0.05) is 13.1 Å². The largest absolute Gasteiger partial charge is 0.469 e. The van der Waals surface area contributed by atoms with Crippen LogP contribution in [-0.2, 0) is 16.0 Å². The van der Waals surface area contributed by atoms with Gasteiger partial charge in [-0.15, -0.1) is 0 Å². The van der Waals surface area contributed by atoms with Crippen molar-refractivity contribution in [2.75, 3.05) is 27.2 Å². The molecule has 1 aromatic rings. The molecule has 0 saturated heterocycles. The Hall–Kier alpha value is -1.42. The normalized spacial score (nSPS) is 11.7. The summed E-state index contributed by atoms with van der Waals surface area (Å²) in [7, 11) is 3.35. The van der Waals surface area contributed by atoms with E-state index >= 15 is 0 Å². The van der Waals surface area contributed by atoms with E-state index in [2.05, 4.69) is 4.90 Å². The Morgan fingerprint density at radius 3 is 2.68 bits per heavy atom. The highest BCUT2D eigenvalue weighted by molar-refractivity contribution is 5.76. The van der Waals surface area contributed by atoms with Crippen molar-refractivity contribution >= 4 is 5.97 Å². The Kier molecular flexibility index (Phi) is 5.48. The van der Waals surface area contributed by atoms with E-state index in [1.54, 1.807) is 12.1 Å². The third kappa shape index (κ3) is 4.99. The number of halogens is 1. The number of nitrogens with zero attached hydrogens (tertiary/aromatic N) is 1. The Labute approximate surface area is 114 Å². The summed E-state index contributed by atoms with van der Waals surface area (Å²) in [4.78, 5) is 13.6. The molecule has 106 valence electrons. The minimum absolute atomic E-state index is 0.213. The topological polar surface area (TPSA) is 29.5 Å². The summed E-state index contributed by atoms with van der Waals surface area (Å²) in [6, 6.07) is 6.60. The van der Waals surface area contributed by atoms with Gasteiger partial charge in [-0.25, -0.2) is 4.39 Å². The Bertz CT molecular complexity index is 432. The van der Waals surface area contributed by atoms with Crippen LogP contribution in [0.5, 0.6) is 0 Å². The van der Waals surface area contributed by atoms with Crippen molar-refractivity contribution in [1.29, 1.82) is 0 Å². The lowest BCUT2D eigenvalue weighted by atomic mass is 9.93. The molecular weight excluding hydrogens is 245 g/mol. The molecule has 0 radical (unpaired) electrons. The van der Waals surface area contributed by atoms with E-state index in [0.29, 0.717) is 6.54 Å². The van der Waals surface area contributed by atoms with E-state index in [1.807, 2.05) is 27.0 Å². The zero-order valence-corrected chi connectivity index (χ0v) is 12.1. The highest BCUT2D eigenvalue weighted by Crippen LogP contribution is 2.18. The first kappa shape index (κ1) is 15.6. The monoisotopic (exact) mass is 267 g/mol. The van der Waals surface area contributed by atoms with Gasteiger partial charge in [0.15, 0.2) is 0 Å². The standard InChI is InChI=1S/C15H22FNO2/c1-15(2,14(18)19-4)11-17(3)9-8-12-6-5-7-13(16)10-12/h5-7,10H,8-9,11H2,1-4H3. The molecule has 0 aliphatic rings. The maximum absolute atomic E-state index is 13.0. The fourth-order valence-corrected chi connectivity index (χ4v) is 2.11. The first-order valence-corrected chi connectivity index (χ1v) is 6.36. The SMILES string of the molecule is COC(=O)C(C)(C)CN(C)CCc1cccc(F)c1. The fourth-order valence-electron chi connectivity index (χ4n) is 2.11. The van der Waals surface area contributed by atoms with Crippen molar-refractivity contribution in [3.05, 3.63) is 35.6 Å². The summed E-state index contributed by atoms with van der Waals surface area (Å²) in [5.41, 5.74) is 0.425. The molecule has 0 fully saturated rings. The Morgan fingerprint density at radius 1 is 1.42 bits per heavy atom. The molecule has 1 aromatic carbocycles. The molecule has 0 saturated carbocycles. The van der Waals surface area contributed by atoms with Crippen molar-refractivity contribution in [2.45, 2.75) is 20.3 Å². The van der Waals surface area contributed by atoms with Gasteiger partial charge in [-0.3, -0.25) is 4.79 Å². The second kappa shape index (κ2) is 6.66. The number of methoxy groups -OCH3 is 1. The molecule has 0 aromatic heterocycles. The number of carbonyl (C=O) groups is 1. The number of rotatable bonds is 6. The second-order valence-electron chi connectivity index (χ2n) is 5.49. The van der Waals surface area contributed by atoms with E-state index < -0.39 is 5.41 Å². The fraction of sp³-hybridized carbons (Fsp3) is 0.533. The van der Waals surface area contributed by atoms with Gasteiger partial charge in [0.1, 0.15) is 5.82 Å². The molecule has 0 unspecified atom stereocenters. The number of ether oxygens (including phenoxy) is 1. The molecule has 0 atom stereocenters. The van der Waals surface area contributed by atoms with Gasteiger partial charge < -0.3 is 9.64 Å². The molecular formula is C15H22FNO2. The first-order valence-electron chi connectivity index (χ1n) is 6.36. The summed E-state index contributed by atoms with van der Waals surface area (Å²) in [5, 5.41) is 0. The van der Waals surface area contributed by atoms with Crippen LogP contribution >= 0.6 is 0 Å². The van der Waals surface area contributed by atoms with Crippen LogP contribution in [0.4, 0.5) is 4.39 Å². The van der Waals surface area contributed by atoms with Crippen LogP contribution in [0.2, 0.25) is 0 Å². The number of hydrogen-bond donors (Lipinski definition) is 0. The smallest absolute Gasteiger partial charge is 0.312 e. The van der Waals surface area contributed by atoms with Crippen molar-refractivity contribution in [3.63, 3.8) is 0 Å². The maximum atomic E-state index is 13.0. The van der Waals surface area contributed by atoms with E-state index in [1.165, 1.54) is 13.2 Å². The van der Waals surface area contributed by atoms with Crippen LogP contribution < -0.4 is 0 Å². The molecule has 19 heavy (non-hydrogen) atoms. The second-order valence-corrected chi connectivity index (χ2v) is 5.49. The average Bonchev–Trinajstić information content (AvgIpc) is 2.35. The van der Waals surface area contributed by atoms with Gasteiger partial charge in [-0.2, -0.15) is 0 Å². The van der Waals surface area contributed by atoms with Gasteiger partial charge in [0.05, 0.1) is 12.5 Å². The lowest BCUT2D eigenvalue weighted by Gasteiger charge is -2.27. The summed E-state index contributed by atoms with van der Waals surface area (Å²) < 4.78 is 17.8. The van der Waals surface area contributed by atoms with Crippen LogP contribution in [0, 0.1) is 11.2 Å². The third-order valence-corrected chi connectivity index (χ3v) is 3.07. The van der Waals surface area contributed by atoms with Crippen LogP contribution in [0.1, 0.15) is 19.4 Å². The van der Waals surface area contributed by atoms with Gasteiger partial charge >= 0.3 is 5.97 Å². The van der Waals surface area contributed by atoms with Gasteiger partial charge in [0.25, 0.3) is 0 Å². The summed E-state index contributed by atoms with van der Waals surface area (Å²) >= 11 is 0. The van der Waals surface area contributed by atoms with Crippen LogP contribution in [0.3, 0.4) is 0 Å². The first-order chi connectivity index (χ1) is 8.85. The Balaban J connectivity index is 2.48. The number of likely N-dealkylation sites (N-methyl/N-ethyl adjacent to an activating group) is 1. The molecule has 1 rings (SSSR count). The highest BCUT2D eigenvalue weighted by atomic mass is 19.1. The molecule has 3 nitrogen and oxygen atoms in total. The molecule has 0 heterocycles. The van der Waals surface area contributed by atoms with Crippen molar-refractivity contribution in [3.8, 4) is 0 Å². The van der Waals surface area contributed by atoms with Crippen LogP contribution in [0.25, 0.3) is 0 Å². The molecule has 0 aliphatic heterocycles. The molecule has 0 aliphatic carbocycles. The van der Waals surface area contributed by atoms with Crippen molar-refractivity contribution in [1.82, 2.24) is 4.90 Å². The van der Waals surface area contributed by atoms with Crippen LogP contribution in [-0.4, -0.2) is 38.1 Å². The highest BCUT2D eigenvalue weighted by Gasteiger charge is 2.29. The van der Waals surface area contributed by atoms with Crippen molar-refractivity contribution in [2.24, 2.45) is 5.41 Å². The van der Waals surface area contributed by atoms with E-state index in [4.69, 9.17) is 4.74 Å². The molecule has 0 bridgehead atoms. The Morgan fingerprint density at radius 2 is 2.11 bits per heavy atom. The number of carbonyl (C=O) groups excluding carboxylic acids is 1. The predicted molar refractivity (Wildman–Crippen MR) is 73.4 cm³/mol. The number of benzene rings is 1. The summed E-state index contributed by atoms with van der Waals surface area (Å²) in [6.07, 6.45) is 0.755. The molecule has 4 heteroatoms. The number of esters is 1. The van der Waals surface area contributed by atoms with Crippen molar-refractivity contribution < 1.29 is 13.9 Å². The summed E-state index contributed by atoms with van der Waals surface area (Å²) in [6.45, 7) is 5.09. The van der Waals surface area contributed by atoms with E-state index in [9.17, 15) is 9.18 Å². The lowest BCUT2D eigenvalue weighted by molar-refractivity contribution is -0.151. The van der Waals surface area contributed by atoms with E-state index in [0.717, 1.165) is 18.5 Å². The van der Waals surface area contributed by atoms with Gasteiger partial charge in [0.2, 0.25) is 0 Å². The zero-order valence-electron chi connectivity index (χ0n) is 12.1. The molecule has 0 N–H and O–H groups in total.